The maximum absolute atomic E-state index is 6.19. The predicted octanol–water partition coefficient (Wildman–Crippen LogP) is 4.53. The highest BCUT2D eigenvalue weighted by molar-refractivity contribution is 6.32. The van der Waals surface area contributed by atoms with Crippen LogP contribution in [0.3, 0.4) is 0 Å². The third-order valence-corrected chi connectivity index (χ3v) is 3.47. The van der Waals surface area contributed by atoms with Crippen LogP contribution < -0.4 is 15.2 Å². The Hall–Kier alpha value is -2.04. The van der Waals surface area contributed by atoms with Gasteiger partial charge in [-0.3, -0.25) is 0 Å². The number of pyridine rings is 1. The summed E-state index contributed by atoms with van der Waals surface area (Å²) in [5.41, 5.74) is 6.58. The van der Waals surface area contributed by atoms with Crippen LogP contribution in [-0.2, 0) is 0 Å². The van der Waals surface area contributed by atoms with Crippen molar-refractivity contribution in [3.63, 3.8) is 0 Å². The van der Waals surface area contributed by atoms with Crippen LogP contribution >= 0.6 is 11.6 Å². The predicted molar refractivity (Wildman–Crippen MR) is 94.2 cm³/mol. The Bertz CT molecular complexity index is 657. The summed E-state index contributed by atoms with van der Waals surface area (Å²) in [5.74, 6) is 2.09. The summed E-state index contributed by atoms with van der Waals surface area (Å²) < 4.78 is 11.1. The largest absolute Gasteiger partial charge is 0.494 e. The second-order valence-electron chi connectivity index (χ2n) is 5.13. The second kappa shape index (κ2) is 8.56. The van der Waals surface area contributed by atoms with Crippen LogP contribution in [0.2, 0.25) is 5.02 Å². The van der Waals surface area contributed by atoms with Crippen molar-refractivity contribution in [3.8, 4) is 17.4 Å². The van der Waals surface area contributed by atoms with Gasteiger partial charge in [-0.1, -0.05) is 30.7 Å². The van der Waals surface area contributed by atoms with Gasteiger partial charge in [0.2, 0.25) is 5.88 Å². The number of halogens is 1. The number of nitrogens with zero attached hydrogens (tertiary/aromatic N) is 1. The van der Waals surface area contributed by atoms with Gasteiger partial charge in [-0.2, -0.15) is 0 Å². The fourth-order valence-electron chi connectivity index (χ4n) is 1.84. The molecule has 0 bridgehead atoms. The molecule has 0 aliphatic heterocycles. The summed E-state index contributed by atoms with van der Waals surface area (Å²) in [4.78, 5) is 4.28. The SMILES string of the molecule is CCOc1ccc(Oc2ccc(C=CC(C)CN)cn2)c(Cl)c1. The van der Waals surface area contributed by atoms with Crippen molar-refractivity contribution in [2.24, 2.45) is 11.7 Å². The zero-order valence-electron chi connectivity index (χ0n) is 13.3. The molecular weight excluding hydrogens is 312 g/mol. The van der Waals surface area contributed by atoms with Gasteiger partial charge in [0.05, 0.1) is 11.6 Å². The number of benzene rings is 1. The van der Waals surface area contributed by atoms with Crippen LogP contribution in [0.1, 0.15) is 19.4 Å². The minimum atomic E-state index is 0.341. The third-order valence-electron chi connectivity index (χ3n) is 3.18. The fourth-order valence-corrected chi connectivity index (χ4v) is 2.05. The van der Waals surface area contributed by atoms with E-state index in [1.54, 1.807) is 24.4 Å². The Morgan fingerprint density at radius 3 is 2.74 bits per heavy atom. The molecule has 0 fully saturated rings. The molecule has 1 heterocycles. The number of aromatic nitrogens is 1. The highest BCUT2D eigenvalue weighted by atomic mass is 35.5. The molecule has 0 spiro atoms. The van der Waals surface area contributed by atoms with Crippen LogP contribution in [0.4, 0.5) is 0 Å². The Morgan fingerprint density at radius 2 is 2.13 bits per heavy atom. The van der Waals surface area contributed by atoms with E-state index in [4.69, 9.17) is 26.8 Å². The van der Waals surface area contributed by atoms with E-state index in [-0.39, 0.29) is 0 Å². The normalized spacial score (nSPS) is 12.3. The van der Waals surface area contributed by atoms with Gasteiger partial charge < -0.3 is 15.2 Å². The van der Waals surface area contributed by atoms with E-state index in [2.05, 4.69) is 18.0 Å². The van der Waals surface area contributed by atoms with Crippen molar-refractivity contribution in [1.82, 2.24) is 4.98 Å². The molecule has 2 rings (SSSR count). The molecular formula is C18H21ClN2O2. The van der Waals surface area contributed by atoms with Crippen LogP contribution in [0.15, 0.2) is 42.6 Å². The molecule has 1 unspecified atom stereocenters. The Morgan fingerprint density at radius 1 is 1.30 bits per heavy atom. The topological polar surface area (TPSA) is 57.4 Å². The number of ether oxygens (including phenoxy) is 2. The smallest absolute Gasteiger partial charge is 0.219 e. The summed E-state index contributed by atoms with van der Waals surface area (Å²) in [7, 11) is 0. The zero-order chi connectivity index (χ0) is 16.7. The van der Waals surface area contributed by atoms with E-state index in [0.29, 0.717) is 41.5 Å². The lowest BCUT2D eigenvalue weighted by molar-refractivity contribution is 0.339. The van der Waals surface area contributed by atoms with E-state index in [0.717, 1.165) is 5.56 Å². The van der Waals surface area contributed by atoms with Crippen molar-refractivity contribution in [2.45, 2.75) is 13.8 Å². The number of rotatable bonds is 7. The van der Waals surface area contributed by atoms with E-state index in [1.165, 1.54) is 0 Å². The molecule has 1 aromatic heterocycles. The Kier molecular flexibility index (Phi) is 6.44. The number of nitrogens with two attached hydrogens (primary N) is 1. The van der Waals surface area contributed by atoms with Crippen molar-refractivity contribution >= 4 is 17.7 Å². The van der Waals surface area contributed by atoms with Crippen LogP contribution in [-0.4, -0.2) is 18.1 Å². The zero-order valence-corrected chi connectivity index (χ0v) is 14.1. The van der Waals surface area contributed by atoms with Gasteiger partial charge in [0.1, 0.15) is 11.5 Å². The molecule has 0 radical (unpaired) electrons. The van der Waals surface area contributed by atoms with Crippen molar-refractivity contribution in [3.05, 3.63) is 53.2 Å². The Balaban J connectivity index is 2.05. The highest BCUT2D eigenvalue weighted by Crippen LogP contribution is 2.31. The first kappa shape index (κ1) is 17.3. The molecule has 1 aromatic carbocycles. The van der Waals surface area contributed by atoms with Crippen molar-refractivity contribution in [1.29, 1.82) is 0 Å². The Labute approximate surface area is 141 Å². The molecule has 4 nitrogen and oxygen atoms in total. The minimum Gasteiger partial charge on any atom is -0.494 e. The van der Waals surface area contributed by atoms with Crippen LogP contribution in [0.5, 0.6) is 17.4 Å². The van der Waals surface area contributed by atoms with Gasteiger partial charge in [0.15, 0.2) is 0 Å². The molecule has 0 saturated heterocycles. The lowest BCUT2D eigenvalue weighted by Gasteiger charge is -2.09. The summed E-state index contributed by atoms with van der Waals surface area (Å²) in [6.45, 7) is 5.21. The third kappa shape index (κ3) is 5.27. The maximum atomic E-state index is 6.19. The molecule has 2 aromatic rings. The standard InChI is InChI=1S/C18H21ClN2O2/c1-3-22-15-7-8-17(16(19)10-15)23-18-9-6-14(12-21-18)5-4-13(2)11-20/h4-10,12-13H,3,11,20H2,1-2H3. The summed E-state index contributed by atoms with van der Waals surface area (Å²) >= 11 is 6.19. The van der Waals surface area contributed by atoms with Gasteiger partial charge in [-0.25, -0.2) is 4.98 Å². The summed E-state index contributed by atoms with van der Waals surface area (Å²) in [5, 5.41) is 0.485. The van der Waals surface area contributed by atoms with E-state index in [9.17, 15) is 0 Å². The molecule has 1 atom stereocenters. The molecule has 0 saturated carbocycles. The van der Waals surface area contributed by atoms with E-state index < -0.39 is 0 Å². The van der Waals surface area contributed by atoms with E-state index in [1.807, 2.05) is 25.1 Å². The molecule has 122 valence electrons. The number of hydrogen-bond acceptors (Lipinski definition) is 4. The quantitative estimate of drug-likeness (QED) is 0.809. The maximum Gasteiger partial charge on any atom is 0.219 e. The second-order valence-corrected chi connectivity index (χ2v) is 5.54. The summed E-state index contributed by atoms with van der Waals surface area (Å²) in [6, 6.07) is 9.05. The molecule has 2 N–H and O–H groups in total. The monoisotopic (exact) mass is 332 g/mol. The highest BCUT2D eigenvalue weighted by Gasteiger charge is 2.06. The van der Waals surface area contributed by atoms with Crippen molar-refractivity contribution in [2.75, 3.05) is 13.2 Å². The van der Waals surface area contributed by atoms with Gasteiger partial charge in [-0.15, -0.1) is 0 Å². The van der Waals surface area contributed by atoms with Gasteiger partial charge in [0, 0.05) is 18.3 Å². The fraction of sp³-hybridized carbons (Fsp3) is 0.278. The first-order valence-electron chi connectivity index (χ1n) is 7.57. The van der Waals surface area contributed by atoms with Gasteiger partial charge in [0.25, 0.3) is 0 Å². The molecule has 0 aliphatic carbocycles. The average molecular weight is 333 g/mol. The summed E-state index contributed by atoms with van der Waals surface area (Å²) in [6.07, 6.45) is 5.80. The molecule has 23 heavy (non-hydrogen) atoms. The molecule has 5 heteroatoms. The van der Waals surface area contributed by atoms with Gasteiger partial charge in [-0.05, 0) is 43.1 Å². The van der Waals surface area contributed by atoms with Crippen molar-refractivity contribution < 1.29 is 9.47 Å². The average Bonchev–Trinajstić information content (AvgIpc) is 2.56. The lowest BCUT2D eigenvalue weighted by atomic mass is 10.1. The van der Waals surface area contributed by atoms with Gasteiger partial charge >= 0.3 is 0 Å². The molecule has 0 amide bonds. The molecule has 0 aliphatic rings. The van der Waals surface area contributed by atoms with Crippen LogP contribution in [0.25, 0.3) is 6.08 Å². The van der Waals surface area contributed by atoms with Crippen LogP contribution in [0, 0.1) is 5.92 Å². The first-order chi connectivity index (χ1) is 11.1. The minimum absolute atomic E-state index is 0.341. The van der Waals surface area contributed by atoms with E-state index >= 15 is 0 Å². The number of hydrogen-bond donors (Lipinski definition) is 1. The lowest BCUT2D eigenvalue weighted by Crippen LogP contribution is -2.07. The first-order valence-corrected chi connectivity index (χ1v) is 7.94.